The number of aromatic nitrogens is 2. The minimum atomic E-state index is -0.108. The van der Waals surface area contributed by atoms with Crippen LogP contribution in [0.1, 0.15) is 54.7 Å². The van der Waals surface area contributed by atoms with Gasteiger partial charge in [0.15, 0.2) is 0 Å². The Morgan fingerprint density at radius 2 is 1.70 bits per heavy atom. The van der Waals surface area contributed by atoms with Gasteiger partial charge in [-0.25, -0.2) is 4.98 Å². The number of benzene rings is 2. The summed E-state index contributed by atoms with van der Waals surface area (Å²) in [6.45, 7) is 2.94. The van der Waals surface area contributed by atoms with Gasteiger partial charge in [0.2, 0.25) is 5.91 Å². The number of carbonyl (C=O) groups is 2. The van der Waals surface area contributed by atoms with Gasteiger partial charge in [0, 0.05) is 49.6 Å². The van der Waals surface area contributed by atoms with Gasteiger partial charge in [0.1, 0.15) is 5.82 Å². The minimum absolute atomic E-state index is 0.108. The molecule has 2 amide bonds. The summed E-state index contributed by atoms with van der Waals surface area (Å²) in [5.41, 5.74) is 2.60. The predicted octanol–water partition coefficient (Wildman–Crippen LogP) is 4.85. The van der Waals surface area contributed by atoms with Crippen LogP contribution in [0.5, 0.6) is 0 Å². The first kappa shape index (κ1) is 23.3. The molecule has 4 rings (SSSR count). The van der Waals surface area contributed by atoms with E-state index in [-0.39, 0.29) is 11.8 Å². The van der Waals surface area contributed by atoms with Gasteiger partial charge in [-0.3, -0.25) is 9.59 Å². The first-order valence-electron chi connectivity index (χ1n) is 11.9. The number of likely N-dealkylation sites (tertiary alicyclic amines) is 1. The standard InChI is InChI=1S/C26H31ClN4O2/c27-21-13-11-20(12-14-21)26(33)28-16-7-10-24-29-22-8-3-4-9-23(22)31(24)19-15-25(32)30-17-5-1-2-6-18-30/h3-4,8-9,11-14H,1-2,5-7,10,15-19H2,(H,28,33). The average molecular weight is 467 g/mol. The lowest BCUT2D eigenvalue weighted by Crippen LogP contribution is -2.32. The van der Waals surface area contributed by atoms with Crippen LogP contribution in [0.2, 0.25) is 5.02 Å². The van der Waals surface area contributed by atoms with Crippen molar-refractivity contribution in [2.45, 2.75) is 51.5 Å². The Labute approximate surface area is 199 Å². The molecule has 1 aromatic heterocycles. The molecule has 1 aliphatic rings. The maximum Gasteiger partial charge on any atom is 0.251 e. The molecule has 0 aliphatic carbocycles. The second-order valence-electron chi connectivity index (χ2n) is 8.58. The third-order valence-corrected chi connectivity index (χ3v) is 6.46. The van der Waals surface area contributed by atoms with Gasteiger partial charge >= 0.3 is 0 Å². The monoisotopic (exact) mass is 466 g/mol. The van der Waals surface area contributed by atoms with Gasteiger partial charge in [-0.15, -0.1) is 0 Å². The molecule has 0 bridgehead atoms. The van der Waals surface area contributed by atoms with Crippen LogP contribution in [0.4, 0.5) is 0 Å². The number of hydrogen-bond acceptors (Lipinski definition) is 3. The predicted molar refractivity (Wildman–Crippen MR) is 132 cm³/mol. The first-order valence-corrected chi connectivity index (χ1v) is 12.3. The highest BCUT2D eigenvalue weighted by Crippen LogP contribution is 2.19. The van der Waals surface area contributed by atoms with Gasteiger partial charge in [0.05, 0.1) is 11.0 Å². The summed E-state index contributed by atoms with van der Waals surface area (Å²) in [5.74, 6) is 1.08. The van der Waals surface area contributed by atoms with E-state index in [2.05, 4.69) is 16.0 Å². The molecule has 33 heavy (non-hydrogen) atoms. The van der Waals surface area contributed by atoms with Gasteiger partial charge < -0.3 is 14.8 Å². The molecule has 0 atom stereocenters. The van der Waals surface area contributed by atoms with Gasteiger partial charge in [0.25, 0.3) is 5.91 Å². The molecule has 1 fully saturated rings. The maximum absolute atomic E-state index is 12.8. The van der Waals surface area contributed by atoms with Crippen molar-refractivity contribution in [2.24, 2.45) is 0 Å². The lowest BCUT2D eigenvalue weighted by Gasteiger charge is -2.20. The zero-order valence-electron chi connectivity index (χ0n) is 18.9. The third-order valence-electron chi connectivity index (χ3n) is 6.21. The lowest BCUT2D eigenvalue weighted by atomic mass is 10.2. The highest BCUT2D eigenvalue weighted by Gasteiger charge is 2.17. The van der Waals surface area contributed by atoms with Crippen molar-refractivity contribution in [1.82, 2.24) is 19.8 Å². The quantitative estimate of drug-likeness (QED) is 0.483. The molecule has 0 unspecified atom stereocenters. The zero-order chi connectivity index (χ0) is 23.0. The van der Waals surface area contributed by atoms with Crippen LogP contribution in [0.3, 0.4) is 0 Å². The molecule has 6 nitrogen and oxygen atoms in total. The molecule has 1 N–H and O–H groups in total. The molecule has 7 heteroatoms. The highest BCUT2D eigenvalue weighted by molar-refractivity contribution is 6.30. The Morgan fingerprint density at radius 1 is 0.970 bits per heavy atom. The van der Waals surface area contributed by atoms with Crippen LogP contribution in [-0.2, 0) is 17.8 Å². The molecule has 174 valence electrons. The molecule has 0 spiro atoms. The number of nitrogens with zero attached hydrogens (tertiary/aromatic N) is 3. The summed E-state index contributed by atoms with van der Waals surface area (Å²) in [7, 11) is 0. The molecule has 0 saturated carbocycles. The summed E-state index contributed by atoms with van der Waals surface area (Å²) in [4.78, 5) is 32.0. The molecule has 0 radical (unpaired) electrons. The summed E-state index contributed by atoms with van der Waals surface area (Å²) in [6, 6.07) is 14.9. The molecule has 2 aromatic carbocycles. The molecular weight excluding hydrogens is 436 g/mol. The number of amides is 2. The van der Waals surface area contributed by atoms with E-state index in [1.54, 1.807) is 24.3 Å². The molecule has 1 aliphatic heterocycles. The van der Waals surface area contributed by atoms with E-state index in [4.69, 9.17) is 16.6 Å². The van der Waals surface area contributed by atoms with Crippen molar-refractivity contribution in [2.75, 3.05) is 19.6 Å². The number of rotatable bonds is 8. The van der Waals surface area contributed by atoms with Crippen LogP contribution in [0, 0.1) is 0 Å². The van der Waals surface area contributed by atoms with Gasteiger partial charge in [-0.2, -0.15) is 0 Å². The maximum atomic E-state index is 12.8. The van der Waals surface area contributed by atoms with E-state index in [1.165, 1.54) is 12.8 Å². The Balaban J connectivity index is 1.36. The van der Waals surface area contributed by atoms with E-state index in [9.17, 15) is 9.59 Å². The largest absolute Gasteiger partial charge is 0.352 e. The van der Waals surface area contributed by atoms with E-state index in [0.717, 1.165) is 55.6 Å². The second-order valence-corrected chi connectivity index (χ2v) is 9.02. The first-order chi connectivity index (χ1) is 16.1. The Hall–Kier alpha value is -2.86. The van der Waals surface area contributed by atoms with Gasteiger partial charge in [-0.05, 0) is 55.7 Å². The fraction of sp³-hybridized carbons (Fsp3) is 0.423. The van der Waals surface area contributed by atoms with Crippen LogP contribution in [0.25, 0.3) is 11.0 Å². The number of hydrogen-bond donors (Lipinski definition) is 1. The molecule has 3 aromatic rings. The third kappa shape index (κ3) is 6.14. The van der Waals surface area contributed by atoms with Crippen LogP contribution in [-0.4, -0.2) is 45.9 Å². The summed E-state index contributed by atoms with van der Waals surface area (Å²) in [5, 5.41) is 3.57. The number of halogens is 1. The molecule has 2 heterocycles. The fourth-order valence-corrected chi connectivity index (χ4v) is 4.53. The summed E-state index contributed by atoms with van der Waals surface area (Å²) < 4.78 is 2.17. The highest BCUT2D eigenvalue weighted by atomic mass is 35.5. The van der Waals surface area contributed by atoms with Crippen LogP contribution >= 0.6 is 11.6 Å². The second kappa shape index (κ2) is 11.3. The van der Waals surface area contributed by atoms with Crippen molar-refractivity contribution in [3.8, 4) is 0 Å². The van der Waals surface area contributed by atoms with Crippen molar-refractivity contribution in [3.63, 3.8) is 0 Å². The SMILES string of the molecule is O=C(NCCCc1nc2ccccc2n1CCC(=O)N1CCCCCC1)c1ccc(Cl)cc1. The normalized spacial score (nSPS) is 14.3. The summed E-state index contributed by atoms with van der Waals surface area (Å²) in [6.07, 6.45) is 6.62. The zero-order valence-corrected chi connectivity index (χ0v) is 19.7. The average Bonchev–Trinajstić information content (AvgIpc) is 2.98. The number of fused-ring (bicyclic) bond motifs is 1. The van der Waals surface area contributed by atoms with E-state index in [1.807, 2.05) is 23.1 Å². The smallest absolute Gasteiger partial charge is 0.251 e. The Kier molecular flexibility index (Phi) is 8.00. The number of imidazole rings is 1. The molecular formula is C26H31ClN4O2. The van der Waals surface area contributed by atoms with Crippen molar-refractivity contribution in [3.05, 3.63) is 64.9 Å². The minimum Gasteiger partial charge on any atom is -0.352 e. The van der Waals surface area contributed by atoms with Crippen LogP contribution in [0.15, 0.2) is 48.5 Å². The summed E-state index contributed by atoms with van der Waals surface area (Å²) >= 11 is 5.89. The Morgan fingerprint density at radius 3 is 2.45 bits per heavy atom. The topological polar surface area (TPSA) is 67.2 Å². The van der Waals surface area contributed by atoms with E-state index < -0.39 is 0 Å². The Bertz CT molecular complexity index is 1090. The van der Waals surface area contributed by atoms with E-state index >= 15 is 0 Å². The fourth-order valence-electron chi connectivity index (χ4n) is 4.40. The number of carbonyl (C=O) groups excluding carboxylic acids is 2. The van der Waals surface area contributed by atoms with E-state index in [0.29, 0.717) is 30.1 Å². The number of aryl methyl sites for hydroxylation is 2. The molecule has 1 saturated heterocycles. The van der Waals surface area contributed by atoms with Crippen LogP contribution < -0.4 is 5.32 Å². The van der Waals surface area contributed by atoms with Crippen molar-refractivity contribution in [1.29, 1.82) is 0 Å². The van der Waals surface area contributed by atoms with Gasteiger partial charge in [-0.1, -0.05) is 36.6 Å². The number of nitrogens with one attached hydrogen (secondary N) is 1. The number of para-hydroxylation sites is 2. The van der Waals surface area contributed by atoms with Crippen molar-refractivity contribution >= 4 is 34.4 Å². The lowest BCUT2D eigenvalue weighted by molar-refractivity contribution is -0.131. The van der Waals surface area contributed by atoms with Crippen molar-refractivity contribution < 1.29 is 9.59 Å².